The fourth-order valence-corrected chi connectivity index (χ4v) is 4.03. The minimum atomic E-state index is 0.898. The number of hydrogen-bond donors (Lipinski definition) is 0. The minimum Gasteiger partial charge on any atom is -0.306 e. The average molecular weight is 390 g/mol. The fourth-order valence-electron chi connectivity index (χ4n) is 3.68. The first-order valence-electron chi connectivity index (χ1n) is 8.43. The number of aryl methyl sites for hydroxylation is 1. The zero-order chi connectivity index (χ0) is 17.0. The van der Waals surface area contributed by atoms with Crippen molar-refractivity contribution in [3.05, 3.63) is 77.0 Å². The molecule has 0 saturated heterocycles. The van der Waals surface area contributed by atoms with Crippen LogP contribution in [0.2, 0.25) is 0 Å². The highest BCUT2D eigenvalue weighted by Gasteiger charge is 2.28. The summed E-state index contributed by atoms with van der Waals surface area (Å²) in [4.78, 5) is 7.20. The minimum absolute atomic E-state index is 0.898. The van der Waals surface area contributed by atoms with Gasteiger partial charge >= 0.3 is 0 Å². The molecule has 0 N–H and O–H groups in total. The summed E-state index contributed by atoms with van der Waals surface area (Å²) in [5, 5.41) is 0. The number of aromatic nitrogens is 2. The Balaban J connectivity index is 1.94. The molecule has 2 heterocycles. The lowest BCUT2D eigenvalue weighted by Gasteiger charge is -2.33. The fraction of sp³-hybridized carbons (Fsp3) is 0.0952. The van der Waals surface area contributed by atoms with Crippen molar-refractivity contribution in [2.24, 2.45) is 0 Å². The molecule has 0 atom stereocenters. The molecule has 25 heavy (non-hydrogen) atoms. The van der Waals surface area contributed by atoms with Gasteiger partial charge in [0.2, 0.25) is 0 Å². The van der Waals surface area contributed by atoms with E-state index in [0.717, 1.165) is 33.6 Å². The van der Waals surface area contributed by atoms with Crippen LogP contribution in [0, 0.1) is 0 Å². The first-order valence-corrected chi connectivity index (χ1v) is 9.22. The molecule has 1 aliphatic rings. The molecule has 3 aromatic carbocycles. The van der Waals surface area contributed by atoms with Crippen molar-refractivity contribution in [3.63, 3.8) is 0 Å². The number of imidazole rings is 1. The normalized spacial score (nSPS) is 12.5. The van der Waals surface area contributed by atoms with Crippen molar-refractivity contribution in [2.75, 3.05) is 4.90 Å². The monoisotopic (exact) mass is 389 g/mol. The van der Waals surface area contributed by atoms with Gasteiger partial charge in [0.25, 0.3) is 0 Å². The van der Waals surface area contributed by atoms with Crippen LogP contribution in [0.15, 0.2) is 71.2 Å². The summed E-state index contributed by atoms with van der Waals surface area (Å²) in [6, 6.07) is 23.3. The Bertz CT molecular complexity index is 1100. The second kappa shape index (κ2) is 5.46. The molecule has 1 aliphatic heterocycles. The summed E-state index contributed by atoms with van der Waals surface area (Å²) >= 11 is 3.64. The van der Waals surface area contributed by atoms with Crippen LogP contribution in [-0.4, -0.2) is 9.55 Å². The molecule has 3 nitrogen and oxygen atoms in total. The second-order valence-corrected chi connectivity index (χ2v) is 7.08. The van der Waals surface area contributed by atoms with E-state index >= 15 is 0 Å². The SMILES string of the molecule is CCc1nc2cccc3c2n1-c1ccc(Br)cc1N3c1ccccc1. The van der Waals surface area contributed by atoms with Gasteiger partial charge in [0.15, 0.2) is 0 Å². The number of halogens is 1. The maximum atomic E-state index is 4.88. The molecule has 0 bridgehead atoms. The Morgan fingerprint density at radius 1 is 0.880 bits per heavy atom. The lowest BCUT2D eigenvalue weighted by atomic mass is 10.1. The van der Waals surface area contributed by atoms with Crippen LogP contribution in [0.3, 0.4) is 0 Å². The number of hydrogen-bond acceptors (Lipinski definition) is 2. The van der Waals surface area contributed by atoms with E-state index in [4.69, 9.17) is 4.98 Å². The Kier molecular flexibility index (Phi) is 3.22. The van der Waals surface area contributed by atoms with Gasteiger partial charge in [0, 0.05) is 16.6 Å². The van der Waals surface area contributed by atoms with E-state index in [0.29, 0.717) is 0 Å². The summed E-state index contributed by atoms with van der Waals surface area (Å²) in [7, 11) is 0. The summed E-state index contributed by atoms with van der Waals surface area (Å²) < 4.78 is 3.38. The van der Waals surface area contributed by atoms with Crippen molar-refractivity contribution in [3.8, 4) is 5.69 Å². The Morgan fingerprint density at radius 3 is 2.52 bits per heavy atom. The van der Waals surface area contributed by atoms with Gasteiger partial charge in [-0.15, -0.1) is 0 Å². The maximum absolute atomic E-state index is 4.88. The third-order valence-corrected chi connectivity index (χ3v) is 5.21. The predicted octanol–water partition coefficient (Wildman–Crippen LogP) is 6.13. The third-order valence-electron chi connectivity index (χ3n) is 4.72. The number of anilines is 3. The van der Waals surface area contributed by atoms with Crippen LogP contribution in [0.25, 0.3) is 16.7 Å². The quantitative estimate of drug-likeness (QED) is 0.361. The van der Waals surface area contributed by atoms with Crippen molar-refractivity contribution in [1.29, 1.82) is 0 Å². The third kappa shape index (κ3) is 2.07. The highest BCUT2D eigenvalue weighted by atomic mass is 79.9. The van der Waals surface area contributed by atoms with Crippen molar-refractivity contribution in [2.45, 2.75) is 13.3 Å². The number of rotatable bonds is 2. The molecule has 0 radical (unpaired) electrons. The highest BCUT2D eigenvalue weighted by Crippen LogP contribution is 2.47. The van der Waals surface area contributed by atoms with E-state index in [2.05, 4.69) is 99.1 Å². The van der Waals surface area contributed by atoms with Crippen molar-refractivity contribution < 1.29 is 0 Å². The molecule has 0 unspecified atom stereocenters. The van der Waals surface area contributed by atoms with E-state index in [1.165, 1.54) is 16.9 Å². The molecule has 0 fully saturated rings. The van der Waals surface area contributed by atoms with E-state index in [9.17, 15) is 0 Å². The van der Waals surface area contributed by atoms with Gasteiger partial charge in [-0.2, -0.15) is 0 Å². The molecule has 0 aliphatic carbocycles. The summed E-state index contributed by atoms with van der Waals surface area (Å²) in [6.07, 6.45) is 0.898. The smallest absolute Gasteiger partial charge is 0.114 e. The molecule has 1 aromatic heterocycles. The zero-order valence-electron chi connectivity index (χ0n) is 13.8. The van der Waals surface area contributed by atoms with Crippen LogP contribution < -0.4 is 4.90 Å². The number of fused-ring (bicyclic) bond motifs is 2. The first kappa shape index (κ1) is 14.7. The van der Waals surface area contributed by atoms with Crippen LogP contribution in [-0.2, 0) is 6.42 Å². The van der Waals surface area contributed by atoms with Crippen LogP contribution in [0.5, 0.6) is 0 Å². The molecular weight excluding hydrogens is 374 g/mol. The summed E-state index contributed by atoms with van der Waals surface area (Å²) in [6.45, 7) is 2.16. The average Bonchev–Trinajstić information content (AvgIpc) is 3.03. The van der Waals surface area contributed by atoms with Gasteiger partial charge in [-0.3, -0.25) is 4.57 Å². The van der Waals surface area contributed by atoms with Gasteiger partial charge in [-0.05, 0) is 42.5 Å². The highest BCUT2D eigenvalue weighted by molar-refractivity contribution is 9.10. The van der Waals surface area contributed by atoms with Crippen LogP contribution in [0.1, 0.15) is 12.7 Å². The molecule has 0 saturated carbocycles. The zero-order valence-corrected chi connectivity index (χ0v) is 15.4. The molecule has 0 spiro atoms. The predicted molar refractivity (Wildman–Crippen MR) is 106 cm³/mol. The van der Waals surface area contributed by atoms with Gasteiger partial charge in [0.05, 0.1) is 28.1 Å². The molecule has 0 amide bonds. The molecular formula is C21H16BrN3. The van der Waals surface area contributed by atoms with E-state index in [1.54, 1.807) is 0 Å². The summed E-state index contributed by atoms with van der Waals surface area (Å²) in [5.74, 6) is 1.10. The van der Waals surface area contributed by atoms with E-state index in [-0.39, 0.29) is 0 Å². The lowest BCUT2D eigenvalue weighted by molar-refractivity contribution is 0.900. The number of nitrogens with zero attached hydrogens (tertiary/aromatic N) is 3. The van der Waals surface area contributed by atoms with E-state index in [1.807, 2.05) is 0 Å². The van der Waals surface area contributed by atoms with Gasteiger partial charge in [-0.1, -0.05) is 47.1 Å². The lowest BCUT2D eigenvalue weighted by Crippen LogP contribution is -2.19. The van der Waals surface area contributed by atoms with Crippen molar-refractivity contribution in [1.82, 2.24) is 9.55 Å². The number of para-hydroxylation sites is 2. The Hall–Kier alpha value is -2.59. The van der Waals surface area contributed by atoms with Gasteiger partial charge < -0.3 is 4.90 Å². The Labute approximate surface area is 154 Å². The molecule has 5 rings (SSSR count). The maximum Gasteiger partial charge on any atom is 0.114 e. The molecule has 4 heteroatoms. The topological polar surface area (TPSA) is 21.1 Å². The van der Waals surface area contributed by atoms with Crippen LogP contribution >= 0.6 is 15.9 Å². The second-order valence-electron chi connectivity index (χ2n) is 6.17. The Morgan fingerprint density at radius 2 is 1.72 bits per heavy atom. The molecule has 122 valence electrons. The standard InChI is InChI=1S/C21H16BrN3/c1-2-20-23-16-9-6-10-18-21(16)25(20)17-12-11-14(22)13-19(17)24(18)15-7-4-3-5-8-15/h3-13H,2H2,1H3. The first-order chi connectivity index (χ1) is 12.3. The van der Waals surface area contributed by atoms with Gasteiger partial charge in [-0.25, -0.2) is 4.98 Å². The van der Waals surface area contributed by atoms with Gasteiger partial charge in [0.1, 0.15) is 5.82 Å². The largest absolute Gasteiger partial charge is 0.306 e. The number of benzene rings is 3. The summed E-state index contributed by atoms with van der Waals surface area (Å²) in [5.41, 5.74) is 6.88. The molecule has 4 aromatic rings. The van der Waals surface area contributed by atoms with Crippen LogP contribution in [0.4, 0.5) is 17.1 Å². The van der Waals surface area contributed by atoms with E-state index < -0.39 is 0 Å². The van der Waals surface area contributed by atoms with Crippen molar-refractivity contribution >= 4 is 44.0 Å².